The first-order chi connectivity index (χ1) is 14.8. The zero-order chi connectivity index (χ0) is 20.5. The number of carbonyl (C=O) groups excluding carboxylic acids is 1. The fourth-order valence-corrected chi connectivity index (χ4v) is 3.60. The molecule has 0 N–H and O–H groups in total. The minimum Gasteiger partial charge on any atom is -0.378 e. The number of ether oxygens (including phenoxy) is 1. The van der Waals surface area contributed by atoms with Gasteiger partial charge >= 0.3 is 0 Å². The molecule has 1 saturated heterocycles. The number of aryl methyl sites for hydroxylation is 1. The van der Waals surface area contributed by atoms with Crippen molar-refractivity contribution in [2.45, 2.75) is 13.5 Å². The number of fused-ring (bicyclic) bond motifs is 1. The molecule has 10 nitrogen and oxygen atoms in total. The fourth-order valence-electron chi connectivity index (χ4n) is 3.60. The number of rotatable bonds is 5. The van der Waals surface area contributed by atoms with E-state index >= 15 is 0 Å². The SMILES string of the molecule is CCn1c(-c2ccncc2)nc2c(N3CCOCC3)nc(-n3cc(C=O)cn3)nc21. The Balaban J connectivity index is 1.75. The highest BCUT2D eigenvalue weighted by atomic mass is 16.5. The summed E-state index contributed by atoms with van der Waals surface area (Å²) in [4.78, 5) is 31.8. The Morgan fingerprint density at radius 3 is 2.63 bits per heavy atom. The van der Waals surface area contributed by atoms with E-state index in [9.17, 15) is 4.79 Å². The lowest BCUT2D eigenvalue weighted by Crippen LogP contribution is -2.37. The minimum absolute atomic E-state index is 0.396. The second kappa shape index (κ2) is 7.64. The molecule has 30 heavy (non-hydrogen) atoms. The highest BCUT2D eigenvalue weighted by molar-refractivity contribution is 5.88. The monoisotopic (exact) mass is 404 g/mol. The molecule has 152 valence electrons. The molecular weight excluding hydrogens is 384 g/mol. The van der Waals surface area contributed by atoms with E-state index in [0.29, 0.717) is 44.4 Å². The number of pyridine rings is 1. The molecule has 0 spiro atoms. The van der Waals surface area contributed by atoms with Gasteiger partial charge in [-0.15, -0.1) is 0 Å². The van der Waals surface area contributed by atoms with Crippen LogP contribution >= 0.6 is 0 Å². The summed E-state index contributed by atoms with van der Waals surface area (Å²) < 4.78 is 9.09. The van der Waals surface area contributed by atoms with Gasteiger partial charge in [-0.3, -0.25) is 9.78 Å². The summed E-state index contributed by atoms with van der Waals surface area (Å²) >= 11 is 0. The molecule has 0 amide bonds. The summed E-state index contributed by atoms with van der Waals surface area (Å²) in [7, 11) is 0. The normalized spacial score (nSPS) is 14.4. The number of morpholine rings is 1. The van der Waals surface area contributed by atoms with Crippen molar-refractivity contribution in [2.24, 2.45) is 0 Å². The summed E-state index contributed by atoms with van der Waals surface area (Å²) in [5, 5.41) is 4.25. The molecule has 1 aliphatic heterocycles. The van der Waals surface area contributed by atoms with Crippen LogP contribution in [-0.4, -0.2) is 66.9 Å². The molecule has 4 aromatic rings. The minimum atomic E-state index is 0.396. The van der Waals surface area contributed by atoms with E-state index in [1.165, 1.54) is 10.9 Å². The van der Waals surface area contributed by atoms with E-state index in [2.05, 4.69) is 26.5 Å². The average Bonchev–Trinajstić information content (AvgIpc) is 3.44. The Kier molecular flexibility index (Phi) is 4.68. The van der Waals surface area contributed by atoms with Crippen LogP contribution in [-0.2, 0) is 11.3 Å². The number of hydrogen-bond donors (Lipinski definition) is 0. The smallest absolute Gasteiger partial charge is 0.254 e. The van der Waals surface area contributed by atoms with Crippen LogP contribution in [0.4, 0.5) is 5.82 Å². The van der Waals surface area contributed by atoms with Crippen molar-refractivity contribution < 1.29 is 9.53 Å². The van der Waals surface area contributed by atoms with Crippen molar-refractivity contribution in [2.75, 3.05) is 31.2 Å². The summed E-state index contributed by atoms with van der Waals surface area (Å²) in [6, 6.07) is 3.86. The van der Waals surface area contributed by atoms with Crippen LogP contribution in [0.15, 0.2) is 36.9 Å². The second-order valence-corrected chi connectivity index (χ2v) is 6.87. The van der Waals surface area contributed by atoms with Gasteiger partial charge in [-0.1, -0.05) is 0 Å². The molecule has 0 aliphatic carbocycles. The Labute approximate surface area is 172 Å². The molecule has 4 aromatic heterocycles. The standard InChI is InChI=1S/C20H20N8O2/c1-2-27-17(15-3-5-21-6-4-15)23-16-18(26-7-9-30-10-8-26)24-20(25-19(16)27)28-12-14(13-29)11-22-28/h3-6,11-13H,2,7-10H2,1H3. The maximum absolute atomic E-state index is 11.1. The topological polar surface area (TPSA) is 104 Å². The van der Waals surface area contributed by atoms with Gasteiger partial charge in [0, 0.05) is 43.8 Å². The number of carbonyl (C=O) groups is 1. The second-order valence-electron chi connectivity index (χ2n) is 6.87. The quantitative estimate of drug-likeness (QED) is 0.463. The predicted octanol–water partition coefficient (Wildman–Crippen LogP) is 1.74. The molecule has 5 rings (SSSR count). The van der Waals surface area contributed by atoms with Crippen LogP contribution < -0.4 is 4.90 Å². The third-order valence-electron chi connectivity index (χ3n) is 5.07. The van der Waals surface area contributed by atoms with Crippen LogP contribution in [0.1, 0.15) is 17.3 Å². The molecular formula is C20H20N8O2. The lowest BCUT2D eigenvalue weighted by Gasteiger charge is -2.28. The van der Waals surface area contributed by atoms with Crippen molar-refractivity contribution in [3.8, 4) is 17.3 Å². The molecule has 5 heterocycles. The average molecular weight is 404 g/mol. The number of nitrogens with zero attached hydrogens (tertiary/aromatic N) is 8. The molecule has 10 heteroatoms. The van der Waals surface area contributed by atoms with Crippen LogP contribution in [0.5, 0.6) is 0 Å². The van der Waals surface area contributed by atoms with E-state index < -0.39 is 0 Å². The molecule has 0 atom stereocenters. The Morgan fingerprint density at radius 2 is 1.93 bits per heavy atom. The molecule has 0 bridgehead atoms. The predicted molar refractivity (Wildman–Crippen MR) is 110 cm³/mol. The molecule has 0 saturated carbocycles. The van der Waals surface area contributed by atoms with Crippen molar-refractivity contribution in [3.05, 3.63) is 42.5 Å². The first kappa shape index (κ1) is 18.4. The van der Waals surface area contributed by atoms with Gasteiger partial charge in [0.15, 0.2) is 23.3 Å². The van der Waals surface area contributed by atoms with Crippen molar-refractivity contribution >= 4 is 23.3 Å². The van der Waals surface area contributed by atoms with Gasteiger partial charge in [0.25, 0.3) is 5.95 Å². The Morgan fingerprint density at radius 1 is 1.13 bits per heavy atom. The van der Waals surface area contributed by atoms with E-state index in [0.717, 1.165) is 34.7 Å². The number of anilines is 1. The third-order valence-corrected chi connectivity index (χ3v) is 5.07. The maximum Gasteiger partial charge on any atom is 0.254 e. The summed E-state index contributed by atoms with van der Waals surface area (Å²) in [6.07, 6.45) is 7.36. The van der Waals surface area contributed by atoms with Crippen LogP contribution in [0.25, 0.3) is 28.5 Å². The van der Waals surface area contributed by atoms with E-state index in [-0.39, 0.29) is 0 Å². The van der Waals surface area contributed by atoms with E-state index in [1.807, 2.05) is 12.1 Å². The fraction of sp³-hybridized carbons (Fsp3) is 0.300. The first-order valence-corrected chi connectivity index (χ1v) is 9.80. The van der Waals surface area contributed by atoms with E-state index in [1.54, 1.807) is 18.6 Å². The zero-order valence-electron chi connectivity index (χ0n) is 16.5. The van der Waals surface area contributed by atoms with Gasteiger partial charge in [0.2, 0.25) is 0 Å². The van der Waals surface area contributed by atoms with Gasteiger partial charge in [0.05, 0.1) is 25.0 Å². The highest BCUT2D eigenvalue weighted by Gasteiger charge is 2.24. The first-order valence-electron chi connectivity index (χ1n) is 9.80. The van der Waals surface area contributed by atoms with Gasteiger partial charge in [-0.2, -0.15) is 15.1 Å². The Hall–Kier alpha value is -3.66. The molecule has 0 radical (unpaired) electrons. The Bertz CT molecular complexity index is 1190. The van der Waals surface area contributed by atoms with Crippen molar-refractivity contribution in [1.29, 1.82) is 0 Å². The van der Waals surface area contributed by atoms with Crippen LogP contribution in [0.3, 0.4) is 0 Å². The summed E-state index contributed by atoms with van der Waals surface area (Å²) in [5.41, 5.74) is 2.88. The van der Waals surface area contributed by atoms with Crippen LogP contribution in [0, 0.1) is 0 Å². The number of aldehydes is 1. The summed E-state index contributed by atoms with van der Waals surface area (Å²) in [5.74, 6) is 1.95. The molecule has 1 fully saturated rings. The molecule has 0 unspecified atom stereocenters. The number of imidazole rings is 1. The number of aromatic nitrogens is 7. The number of hydrogen-bond acceptors (Lipinski definition) is 8. The lowest BCUT2D eigenvalue weighted by molar-refractivity contribution is 0.112. The van der Waals surface area contributed by atoms with Crippen LogP contribution in [0.2, 0.25) is 0 Å². The van der Waals surface area contributed by atoms with Crippen molar-refractivity contribution in [3.63, 3.8) is 0 Å². The van der Waals surface area contributed by atoms with Gasteiger partial charge < -0.3 is 14.2 Å². The highest BCUT2D eigenvalue weighted by Crippen LogP contribution is 2.30. The van der Waals surface area contributed by atoms with E-state index in [4.69, 9.17) is 19.7 Å². The maximum atomic E-state index is 11.1. The van der Waals surface area contributed by atoms with Gasteiger partial charge in [0.1, 0.15) is 5.82 Å². The third kappa shape index (κ3) is 3.11. The zero-order valence-corrected chi connectivity index (χ0v) is 16.5. The van der Waals surface area contributed by atoms with Crippen molar-refractivity contribution in [1.82, 2.24) is 34.3 Å². The summed E-state index contributed by atoms with van der Waals surface area (Å²) in [6.45, 7) is 5.43. The van der Waals surface area contributed by atoms with Gasteiger partial charge in [-0.05, 0) is 19.1 Å². The largest absolute Gasteiger partial charge is 0.378 e. The molecule has 1 aliphatic rings. The lowest BCUT2D eigenvalue weighted by atomic mass is 10.2. The molecule has 0 aromatic carbocycles. The van der Waals surface area contributed by atoms with Gasteiger partial charge in [-0.25, -0.2) is 9.67 Å².